The van der Waals surface area contributed by atoms with Gasteiger partial charge in [-0.1, -0.05) is 12.1 Å². The van der Waals surface area contributed by atoms with Crippen molar-refractivity contribution in [1.29, 1.82) is 0 Å². The molecule has 0 spiro atoms. The standard InChI is InChI=1S/C13H17N3O.ClH/c1-10-12(9-15-16(10)2)8-14-7-11-4-3-5-13(17)6-11;/h3-6,9,14,17H,7-8H2,1-2H3;1H. The third kappa shape index (κ3) is 3.48. The highest BCUT2D eigenvalue weighted by molar-refractivity contribution is 5.85. The van der Waals surface area contributed by atoms with Gasteiger partial charge >= 0.3 is 0 Å². The van der Waals surface area contributed by atoms with Gasteiger partial charge in [-0.25, -0.2) is 0 Å². The summed E-state index contributed by atoms with van der Waals surface area (Å²) < 4.78 is 1.87. The highest BCUT2D eigenvalue weighted by atomic mass is 35.5. The minimum absolute atomic E-state index is 0. The Morgan fingerprint density at radius 2 is 2.11 bits per heavy atom. The molecule has 98 valence electrons. The number of rotatable bonds is 4. The number of aromatic nitrogens is 2. The summed E-state index contributed by atoms with van der Waals surface area (Å²) in [7, 11) is 1.94. The zero-order valence-corrected chi connectivity index (χ0v) is 11.4. The number of aromatic hydroxyl groups is 1. The van der Waals surface area contributed by atoms with E-state index in [9.17, 15) is 5.11 Å². The highest BCUT2D eigenvalue weighted by Crippen LogP contribution is 2.11. The molecule has 0 bridgehead atoms. The SMILES string of the molecule is Cc1c(CNCc2cccc(O)c2)cnn1C.Cl. The summed E-state index contributed by atoms with van der Waals surface area (Å²) in [5, 5.41) is 16.9. The Hall–Kier alpha value is -1.52. The van der Waals surface area contributed by atoms with Crippen molar-refractivity contribution in [1.82, 2.24) is 15.1 Å². The monoisotopic (exact) mass is 267 g/mol. The van der Waals surface area contributed by atoms with Gasteiger partial charge < -0.3 is 10.4 Å². The second-order valence-corrected chi connectivity index (χ2v) is 4.15. The maximum Gasteiger partial charge on any atom is 0.115 e. The lowest BCUT2D eigenvalue weighted by Gasteiger charge is -2.05. The van der Waals surface area contributed by atoms with Gasteiger partial charge in [0, 0.05) is 31.4 Å². The summed E-state index contributed by atoms with van der Waals surface area (Å²) in [6.45, 7) is 3.58. The molecular formula is C13H18ClN3O. The predicted molar refractivity (Wildman–Crippen MR) is 73.8 cm³/mol. The quantitative estimate of drug-likeness (QED) is 0.892. The van der Waals surface area contributed by atoms with Crippen LogP contribution in [0.3, 0.4) is 0 Å². The van der Waals surface area contributed by atoms with Crippen LogP contribution in [0.4, 0.5) is 0 Å². The Morgan fingerprint density at radius 3 is 2.72 bits per heavy atom. The number of phenols is 1. The average Bonchev–Trinajstić information content (AvgIpc) is 2.61. The summed E-state index contributed by atoms with van der Waals surface area (Å²) >= 11 is 0. The molecule has 0 atom stereocenters. The summed E-state index contributed by atoms with van der Waals surface area (Å²) in [6.07, 6.45) is 1.88. The zero-order valence-electron chi connectivity index (χ0n) is 10.6. The third-order valence-corrected chi connectivity index (χ3v) is 2.89. The number of nitrogens with zero attached hydrogens (tertiary/aromatic N) is 2. The maximum absolute atomic E-state index is 9.34. The lowest BCUT2D eigenvalue weighted by Crippen LogP contribution is -2.13. The van der Waals surface area contributed by atoms with E-state index in [-0.39, 0.29) is 12.4 Å². The molecule has 0 amide bonds. The van der Waals surface area contributed by atoms with Gasteiger partial charge in [-0.05, 0) is 24.6 Å². The van der Waals surface area contributed by atoms with Crippen LogP contribution in [0, 0.1) is 6.92 Å². The smallest absolute Gasteiger partial charge is 0.115 e. The molecule has 2 rings (SSSR count). The average molecular weight is 268 g/mol. The summed E-state index contributed by atoms with van der Waals surface area (Å²) in [4.78, 5) is 0. The molecule has 5 heteroatoms. The fraction of sp³-hybridized carbons (Fsp3) is 0.308. The number of halogens is 1. The first-order valence-electron chi connectivity index (χ1n) is 5.63. The number of hydrogen-bond donors (Lipinski definition) is 2. The van der Waals surface area contributed by atoms with Crippen LogP contribution in [-0.4, -0.2) is 14.9 Å². The number of hydrogen-bond acceptors (Lipinski definition) is 3. The second-order valence-electron chi connectivity index (χ2n) is 4.15. The molecule has 0 aliphatic carbocycles. The number of benzene rings is 1. The first kappa shape index (κ1) is 14.5. The molecule has 0 aliphatic rings. The largest absolute Gasteiger partial charge is 0.508 e. The molecule has 1 aromatic carbocycles. The van der Waals surface area contributed by atoms with Crippen molar-refractivity contribution in [2.45, 2.75) is 20.0 Å². The van der Waals surface area contributed by atoms with Gasteiger partial charge in [0.25, 0.3) is 0 Å². The van der Waals surface area contributed by atoms with Crippen LogP contribution in [0.15, 0.2) is 30.5 Å². The van der Waals surface area contributed by atoms with Crippen molar-refractivity contribution in [2.75, 3.05) is 0 Å². The molecule has 2 aromatic rings. The zero-order chi connectivity index (χ0) is 12.3. The second kappa shape index (κ2) is 6.42. The van der Waals surface area contributed by atoms with Crippen molar-refractivity contribution < 1.29 is 5.11 Å². The molecule has 0 unspecified atom stereocenters. The van der Waals surface area contributed by atoms with Crippen LogP contribution < -0.4 is 5.32 Å². The van der Waals surface area contributed by atoms with Gasteiger partial charge in [0.2, 0.25) is 0 Å². The molecule has 4 nitrogen and oxygen atoms in total. The Kier molecular flexibility index (Phi) is 5.19. The fourth-order valence-electron chi connectivity index (χ4n) is 1.73. The number of phenolic OH excluding ortho intramolecular Hbond substituents is 1. The number of aryl methyl sites for hydroxylation is 1. The van der Waals surface area contributed by atoms with Crippen molar-refractivity contribution >= 4 is 12.4 Å². The van der Waals surface area contributed by atoms with Crippen molar-refractivity contribution in [3.05, 3.63) is 47.3 Å². The Morgan fingerprint density at radius 1 is 1.33 bits per heavy atom. The van der Waals surface area contributed by atoms with E-state index in [2.05, 4.69) is 17.3 Å². The Bertz CT molecular complexity index is 511. The van der Waals surface area contributed by atoms with Gasteiger partial charge in [-0.3, -0.25) is 4.68 Å². The minimum atomic E-state index is 0. The Labute approximate surface area is 113 Å². The molecule has 0 aliphatic heterocycles. The third-order valence-electron chi connectivity index (χ3n) is 2.89. The lowest BCUT2D eigenvalue weighted by molar-refractivity contribution is 0.474. The molecular weight excluding hydrogens is 250 g/mol. The molecule has 0 fully saturated rings. The van der Waals surface area contributed by atoms with Crippen LogP contribution in [0.2, 0.25) is 0 Å². The first-order valence-corrected chi connectivity index (χ1v) is 5.63. The highest BCUT2D eigenvalue weighted by Gasteiger charge is 2.02. The van der Waals surface area contributed by atoms with Gasteiger partial charge in [-0.2, -0.15) is 5.10 Å². The van der Waals surface area contributed by atoms with E-state index in [1.54, 1.807) is 12.1 Å². The first-order chi connectivity index (χ1) is 8.16. The summed E-state index contributed by atoms with van der Waals surface area (Å²) in [5.74, 6) is 0.307. The molecule has 2 N–H and O–H groups in total. The summed E-state index contributed by atoms with van der Waals surface area (Å²) in [6, 6.07) is 7.28. The van der Waals surface area contributed by atoms with E-state index in [0.717, 1.165) is 18.7 Å². The lowest BCUT2D eigenvalue weighted by atomic mass is 10.2. The van der Waals surface area contributed by atoms with Crippen LogP contribution in [0.1, 0.15) is 16.8 Å². The van der Waals surface area contributed by atoms with E-state index in [4.69, 9.17) is 0 Å². The van der Waals surface area contributed by atoms with Gasteiger partial charge in [0.1, 0.15) is 5.75 Å². The van der Waals surface area contributed by atoms with Crippen molar-refractivity contribution in [2.24, 2.45) is 7.05 Å². The molecule has 1 heterocycles. The topological polar surface area (TPSA) is 50.1 Å². The Balaban J connectivity index is 0.00000162. The number of nitrogens with one attached hydrogen (secondary N) is 1. The van der Waals surface area contributed by atoms with Gasteiger partial charge in [0.05, 0.1) is 6.20 Å². The van der Waals surface area contributed by atoms with E-state index in [1.165, 1.54) is 11.3 Å². The molecule has 1 aromatic heterocycles. The van der Waals surface area contributed by atoms with E-state index in [1.807, 2.05) is 30.1 Å². The van der Waals surface area contributed by atoms with Gasteiger partial charge in [-0.15, -0.1) is 12.4 Å². The van der Waals surface area contributed by atoms with Gasteiger partial charge in [0.15, 0.2) is 0 Å². The van der Waals surface area contributed by atoms with E-state index < -0.39 is 0 Å². The predicted octanol–water partition coefficient (Wildman–Crippen LogP) is 2.15. The van der Waals surface area contributed by atoms with Crippen LogP contribution >= 0.6 is 12.4 Å². The fourth-order valence-corrected chi connectivity index (χ4v) is 1.73. The molecule has 18 heavy (non-hydrogen) atoms. The molecule has 0 saturated heterocycles. The van der Waals surface area contributed by atoms with Crippen molar-refractivity contribution in [3.63, 3.8) is 0 Å². The van der Waals surface area contributed by atoms with Crippen LogP contribution in [0.25, 0.3) is 0 Å². The maximum atomic E-state index is 9.34. The molecule has 0 radical (unpaired) electrons. The normalized spacial score (nSPS) is 10.1. The van der Waals surface area contributed by atoms with Crippen LogP contribution in [0.5, 0.6) is 5.75 Å². The van der Waals surface area contributed by atoms with Crippen molar-refractivity contribution in [3.8, 4) is 5.75 Å². The van der Waals surface area contributed by atoms with Crippen LogP contribution in [-0.2, 0) is 20.1 Å². The molecule has 0 saturated carbocycles. The summed E-state index contributed by atoms with van der Waals surface area (Å²) in [5.41, 5.74) is 3.45. The van der Waals surface area contributed by atoms with E-state index >= 15 is 0 Å². The minimum Gasteiger partial charge on any atom is -0.508 e. The van der Waals surface area contributed by atoms with E-state index in [0.29, 0.717) is 5.75 Å².